The van der Waals surface area contributed by atoms with Gasteiger partial charge < -0.3 is 5.11 Å². The fourth-order valence-electron chi connectivity index (χ4n) is 2.06. The fraction of sp³-hybridized carbons (Fsp3) is 0.333. The Hall–Kier alpha value is -2.30. The van der Waals surface area contributed by atoms with Crippen molar-refractivity contribution in [3.8, 4) is 11.4 Å². The molecule has 0 aliphatic rings. The summed E-state index contributed by atoms with van der Waals surface area (Å²) in [7, 11) is 0. The van der Waals surface area contributed by atoms with Crippen LogP contribution in [-0.2, 0) is 6.42 Å². The molecule has 0 radical (unpaired) electrons. The van der Waals surface area contributed by atoms with E-state index in [9.17, 15) is 9.90 Å². The van der Waals surface area contributed by atoms with Crippen LogP contribution in [0.5, 0.6) is 0 Å². The summed E-state index contributed by atoms with van der Waals surface area (Å²) in [6, 6.07) is 1.86. The molecule has 0 aromatic carbocycles. The monoisotopic (exact) mass is 271 g/mol. The minimum absolute atomic E-state index is 0.0229. The van der Waals surface area contributed by atoms with E-state index in [0.717, 1.165) is 17.5 Å². The highest BCUT2D eigenvalue weighted by Crippen LogP contribution is 2.23. The maximum absolute atomic E-state index is 11.2. The Morgan fingerprint density at radius 3 is 2.70 bits per heavy atom. The van der Waals surface area contributed by atoms with Gasteiger partial charge in [0.1, 0.15) is 0 Å². The zero-order valence-corrected chi connectivity index (χ0v) is 11.8. The van der Waals surface area contributed by atoms with E-state index >= 15 is 0 Å². The van der Waals surface area contributed by atoms with Crippen molar-refractivity contribution >= 4 is 5.97 Å². The molecule has 0 fully saturated rings. The van der Waals surface area contributed by atoms with Gasteiger partial charge in [-0.3, -0.25) is 4.98 Å². The van der Waals surface area contributed by atoms with Crippen molar-refractivity contribution in [2.24, 2.45) is 0 Å². The van der Waals surface area contributed by atoms with E-state index in [1.165, 1.54) is 6.20 Å². The van der Waals surface area contributed by atoms with Gasteiger partial charge in [0.2, 0.25) is 0 Å². The topological polar surface area (TPSA) is 76.0 Å². The first-order chi connectivity index (χ1) is 9.54. The number of aromatic carboxylic acids is 1. The molecule has 2 rings (SSSR count). The lowest BCUT2D eigenvalue weighted by Crippen LogP contribution is -2.09. The molecule has 2 aromatic heterocycles. The quantitative estimate of drug-likeness (QED) is 0.925. The zero-order chi connectivity index (χ0) is 14.7. The fourth-order valence-corrected chi connectivity index (χ4v) is 2.06. The second-order valence-corrected chi connectivity index (χ2v) is 4.84. The summed E-state index contributed by atoms with van der Waals surface area (Å²) in [5, 5.41) is 9.19. The highest BCUT2D eigenvalue weighted by Gasteiger charge is 2.17. The first-order valence-electron chi connectivity index (χ1n) is 6.58. The number of pyridine rings is 1. The van der Waals surface area contributed by atoms with Gasteiger partial charge in [0.05, 0.1) is 11.3 Å². The standard InChI is InChI=1S/C15H17N3O2/c1-4-10-7-16-6-5-11(10)14-17-8-12(15(19)20)13(18-14)9(2)3/h5-9H,4H2,1-3H3,(H,19,20). The maximum atomic E-state index is 11.2. The Labute approximate surface area is 117 Å². The number of carboxylic acids is 1. The predicted octanol–water partition coefficient (Wildman–Crippen LogP) is 2.92. The van der Waals surface area contributed by atoms with E-state index in [1.54, 1.807) is 12.4 Å². The normalized spacial score (nSPS) is 10.8. The number of hydrogen-bond acceptors (Lipinski definition) is 4. The van der Waals surface area contributed by atoms with E-state index in [-0.39, 0.29) is 11.5 Å². The van der Waals surface area contributed by atoms with Crippen LogP contribution >= 0.6 is 0 Å². The van der Waals surface area contributed by atoms with Crippen molar-refractivity contribution in [1.82, 2.24) is 15.0 Å². The molecule has 1 N–H and O–H groups in total. The number of carbonyl (C=O) groups is 1. The first kappa shape index (κ1) is 14.1. The number of aryl methyl sites for hydroxylation is 1. The highest BCUT2D eigenvalue weighted by molar-refractivity contribution is 5.89. The molecule has 5 nitrogen and oxygen atoms in total. The van der Waals surface area contributed by atoms with Crippen LogP contribution in [0.3, 0.4) is 0 Å². The molecular weight excluding hydrogens is 254 g/mol. The molecule has 0 amide bonds. The van der Waals surface area contributed by atoms with Gasteiger partial charge in [-0.15, -0.1) is 0 Å². The summed E-state index contributed by atoms with van der Waals surface area (Å²) in [6.45, 7) is 5.88. The number of nitrogens with zero attached hydrogens (tertiary/aromatic N) is 3. The summed E-state index contributed by atoms with van der Waals surface area (Å²) in [5.41, 5.74) is 2.67. The molecule has 0 unspecified atom stereocenters. The van der Waals surface area contributed by atoms with Gasteiger partial charge in [-0.2, -0.15) is 0 Å². The smallest absolute Gasteiger partial charge is 0.339 e. The van der Waals surface area contributed by atoms with E-state index in [4.69, 9.17) is 0 Å². The Morgan fingerprint density at radius 2 is 2.10 bits per heavy atom. The predicted molar refractivity (Wildman–Crippen MR) is 75.7 cm³/mol. The van der Waals surface area contributed by atoms with Crippen LogP contribution in [-0.4, -0.2) is 26.0 Å². The molecule has 104 valence electrons. The average molecular weight is 271 g/mol. The summed E-state index contributed by atoms with van der Waals surface area (Å²) in [4.78, 5) is 24.0. The second-order valence-electron chi connectivity index (χ2n) is 4.84. The number of carboxylic acid groups (broad SMARTS) is 1. The van der Waals surface area contributed by atoms with Crippen LogP contribution in [0, 0.1) is 0 Å². The summed E-state index contributed by atoms with van der Waals surface area (Å²) in [5.74, 6) is -0.418. The van der Waals surface area contributed by atoms with Crippen molar-refractivity contribution in [2.45, 2.75) is 33.1 Å². The molecule has 0 saturated heterocycles. The Kier molecular flexibility index (Phi) is 4.08. The van der Waals surface area contributed by atoms with Crippen LogP contribution in [0.2, 0.25) is 0 Å². The van der Waals surface area contributed by atoms with Gasteiger partial charge in [-0.1, -0.05) is 20.8 Å². The van der Waals surface area contributed by atoms with Crippen LogP contribution in [0.4, 0.5) is 0 Å². The third-order valence-corrected chi connectivity index (χ3v) is 3.12. The molecular formula is C15H17N3O2. The molecule has 5 heteroatoms. The third kappa shape index (κ3) is 2.66. The number of rotatable bonds is 4. The maximum Gasteiger partial charge on any atom is 0.339 e. The molecule has 2 aromatic rings. The Morgan fingerprint density at radius 1 is 1.35 bits per heavy atom. The minimum Gasteiger partial charge on any atom is -0.478 e. The molecule has 2 heterocycles. The van der Waals surface area contributed by atoms with E-state index in [0.29, 0.717) is 11.5 Å². The lowest BCUT2D eigenvalue weighted by molar-refractivity contribution is 0.0694. The average Bonchev–Trinajstić information content (AvgIpc) is 2.46. The van der Waals surface area contributed by atoms with E-state index in [1.807, 2.05) is 26.8 Å². The first-order valence-corrected chi connectivity index (χ1v) is 6.58. The van der Waals surface area contributed by atoms with Crippen molar-refractivity contribution in [3.63, 3.8) is 0 Å². The van der Waals surface area contributed by atoms with Crippen molar-refractivity contribution in [2.75, 3.05) is 0 Å². The van der Waals surface area contributed by atoms with Gasteiger partial charge in [0.25, 0.3) is 0 Å². The third-order valence-electron chi connectivity index (χ3n) is 3.12. The van der Waals surface area contributed by atoms with Crippen LogP contribution in [0.15, 0.2) is 24.7 Å². The highest BCUT2D eigenvalue weighted by atomic mass is 16.4. The Balaban J connectivity index is 2.59. The molecule has 0 bridgehead atoms. The number of aromatic nitrogens is 3. The lowest BCUT2D eigenvalue weighted by Gasteiger charge is -2.11. The molecule has 0 aliphatic carbocycles. The van der Waals surface area contributed by atoms with E-state index in [2.05, 4.69) is 15.0 Å². The van der Waals surface area contributed by atoms with Gasteiger partial charge in [-0.05, 0) is 24.0 Å². The van der Waals surface area contributed by atoms with Gasteiger partial charge in [-0.25, -0.2) is 14.8 Å². The minimum atomic E-state index is -0.995. The van der Waals surface area contributed by atoms with Gasteiger partial charge in [0.15, 0.2) is 5.82 Å². The van der Waals surface area contributed by atoms with E-state index < -0.39 is 5.97 Å². The zero-order valence-electron chi connectivity index (χ0n) is 11.8. The molecule has 0 atom stereocenters. The lowest BCUT2D eigenvalue weighted by atomic mass is 10.0. The number of hydrogen-bond donors (Lipinski definition) is 1. The summed E-state index contributed by atoms with van der Waals surface area (Å²) < 4.78 is 0. The summed E-state index contributed by atoms with van der Waals surface area (Å²) in [6.07, 6.45) is 5.70. The molecule has 0 saturated carbocycles. The summed E-state index contributed by atoms with van der Waals surface area (Å²) >= 11 is 0. The van der Waals surface area contributed by atoms with Crippen LogP contribution < -0.4 is 0 Å². The SMILES string of the molecule is CCc1cnccc1-c1ncc(C(=O)O)c(C(C)C)n1. The van der Waals surface area contributed by atoms with Crippen molar-refractivity contribution in [3.05, 3.63) is 41.5 Å². The second kappa shape index (κ2) is 5.77. The van der Waals surface area contributed by atoms with Crippen LogP contribution in [0.25, 0.3) is 11.4 Å². The van der Waals surface area contributed by atoms with Gasteiger partial charge in [0, 0.05) is 24.2 Å². The molecule has 20 heavy (non-hydrogen) atoms. The molecule has 0 aliphatic heterocycles. The van der Waals surface area contributed by atoms with Crippen molar-refractivity contribution in [1.29, 1.82) is 0 Å². The Bertz CT molecular complexity index is 639. The largest absolute Gasteiger partial charge is 0.478 e. The van der Waals surface area contributed by atoms with Crippen LogP contribution in [0.1, 0.15) is 48.3 Å². The van der Waals surface area contributed by atoms with Crippen molar-refractivity contribution < 1.29 is 9.90 Å². The van der Waals surface area contributed by atoms with Gasteiger partial charge >= 0.3 is 5.97 Å². The molecule has 0 spiro atoms.